The number of rotatable bonds is 5. The van der Waals surface area contributed by atoms with Crippen molar-refractivity contribution in [3.63, 3.8) is 0 Å². The second-order valence-corrected chi connectivity index (χ2v) is 9.23. The molecule has 1 aliphatic rings. The smallest absolute Gasteiger partial charge is 0.269 e. The number of hydrogen-bond donors (Lipinski definition) is 1. The first-order valence-corrected chi connectivity index (χ1v) is 10.2. The lowest BCUT2D eigenvalue weighted by Gasteiger charge is -2.64. The summed E-state index contributed by atoms with van der Waals surface area (Å²) in [7, 11) is 0. The van der Waals surface area contributed by atoms with Gasteiger partial charge in [0.15, 0.2) is 0 Å². The number of carbonyl (C=O) groups is 1. The fraction of sp³-hybridized carbons (Fsp3) is 0.458. The fourth-order valence-electron chi connectivity index (χ4n) is 5.17. The van der Waals surface area contributed by atoms with E-state index in [-0.39, 0.29) is 28.9 Å². The average Bonchev–Trinajstić information content (AvgIpc) is 2.71. The Labute approximate surface area is 178 Å². The Morgan fingerprint density at radius 1 is 1.23 bits per heavy atom. The first kappa shape index (κ1) is 21.8. The molecule has 2 N–H and O–H groups in total. The van der Waals surface area contributed by atoms with Crippen molar-refractivity contribution in [3.05, 3.63) is 58.9 Å². The maximum absolute atomic E-state index is 13.0. The van der Waals surface area contributed by atoms with Gasteiger partial charge in [-0.2, -0.15) is 5.26 Å². The molecule has 1 fully saturated rings. The third-order valence-electron chi connectivity index (χ3n) is 6.26. The molecule has 3 rings (SSSR count). The van der Waals surface area contributed by atoms with Crippen molar-refractivity contribution in [1.29, 1.82) is 5.26 Å². The minimum atomic E-state index is -0.369. The van der Waals surface area contributed by atoms with Crippen LogP contribution in [-0.2, 0) is 6.42 Å². The number of nitriles is 1. The Morgan fingerprint density at radius 2 is 1.90 bits per heavy atom. The first-order valence-electron chi connectivity index (χ1n) is 10.2. The van der Waals surface area contributed by atoms with Gasteiger partial charge in [-0.25, -0.2) is 5.84 Å². The van der Waals surface area contributed by atoms with E-state index in [4.69, 9.17) is 10.6 Å². The molecule has 0 atom stereocenters. The number of nitrogens with zero attached hydrogens (tertiary/aromatic N) is 3. The normalized spacial score (nSPS) is 21.3. The van der Waals surface area contributed by atoms with Crippen molar-refractivity contribution in [2.45, 2.75) is 60.1 Å². The number of pyridine rings is 1. The third kappa shape index (κ3) is 3.54. The van der Waals surface area contributed by atoms with E-state index >= 15 is 0 Å². The number of aromatic nitrogens is 1. The number of ether oxygens (including phenoxy) is 1. The lowest BCUT2D eigenvalue weighted by Crippen LogP contribution is -2.76. The van der Waals surface area contributed by atoms with Crippen LogP contribution in [0.25, 0.3) is 0 Å². The van der Waals surface area contributed by atoms with Crippen LogP contribution in [0.4, 0.5) is 0 Å². The zero-order valence-electron chi connectivity index (χ0n) is 18.6. The predicted octanol–water partition coefficient (Wildman–Crippen LogP) is 4.02. The topological polar surface area (TPSA) is 92.2 Å². The largest absolute Gasteiger partial charge is 0.489 e. The highest BCUT2D eigenvalue weighted by atomic mass is 16.5. The van der Waals surface area contributed by atoms with Gasteiger partial charge in [0.25, 0.3) is 5.91 Å². The Balaban J connectivity index is 1.83. The van der Waals surface area contributed by atoms with Crippen LogP contribution in [0, 0.1) is 29.1 Å². The van der Waals surface area contributed by atoms with Crippen LogP contribution in [-0.4, -0.2) is 28.0 Å². The van der Waals surface area contributed by atoms with Gasteiger partial charge < -0.3 is 4.74 Å². The molecule has 6 nitrogen and oxygen atoms in total. The van der Waals surface area contributed by atoms with Gasteiger partial charge in [0.1, 0.15) is 11.9 Å². The number of hydrogen-bond acceptors (Lipinski definition) is 5. The molecule has 0 spiro atoms. The Hall–Kier alpha value is -2.91. The van der Waals surface area contributed by atoms with E-state index in [1.807, 2.05) is 26.0 Å². The monoisotopic (exact) mass is 406 g/mol. The molecule has 30 heavy (non-hydrogen) atoms. The Morgan fingerprint density at radius 3 is 2.43 bits per heavy atom. The molecule has 1 aliphatic carbocycles. The van der Waals surface area contributed by atoms with E-state index in [0.717, 1.165) is 23.4 Å². The summed E-state index contributed by atoms with van der Waals surface area (Å²) < 4.78 is 6.39. The van der Waals surface area contributed by atoms with Crippen LogP contribution in [0.3, 0.4) is 0 Å². The van der Waals surface area contributed by atoms with E-state index in [1.165, 1.54) is 5.01 Å². The van der Waals surface area contributed by atoms with Gasteiger partial charge in [-0.3, -0.25) is 14.8 Å². The summed E-state index contributed by atoms with van der Waals surface area (Å²) in [5, 5.41) is 10.6. The summed E-state index contributed by atoms with van der Waals surface area (Å²) in [6.07, 6.45) is 2.17. The molecule has 1 heterocycles. The summed E-state index contributed by atoms with van der Waals surface area (Å²) in [6.45, 7) is 12.2. The molecule has 158 valence electrons. The molecular weight excluding hydrogens is 376 g/mol. The highest BCUT2D eigenvalue weighted by Crippen LogP contribution is 2.57. The lowest BCUT2D eigenvalue weighted by molar-refractivity contribution is -0.199. The van der Waals surface area contributed by atoms with Gasteiger partial charge in [-0.1, -0.05) is 34.6 Å². The molecule has 0 unspecified atom stereocenters. The van der Waals surface area contributed by atoms with Crippen molar-refractivity contribution in [2.75, 3.05) is 0 Å². The standard InChI is InChI=1S/C24H30N4O2/c1-7-16-12-19(11-10-17(16)13-25)30-22-23(3,4)21(24(22,5)6)28(26)20(29)18-9-8-15(2)27-14-18/h8-12,14,21-22H,7,26H2,1-6H3/t21-,22-. The summed E-state index contributed by atoms with van der Waals surface area (Å²) >= 11 is 0. The first-order chi connectivity index (χ1) is 14.0. The van der Waals surface area contributed by atoms with Crippen LogP contribution in [0.1, 0.15) is 61.8 Å². The average molecular weight is 407 g/mol. The summed E-state index contributed by atoms with van der Waals surface area (Å²) in [5.41, 5.74) is 2.21. The lowest BCUT2D eigenvalue weighted by atomic mass is 9.49. The number of benzene rings is 1. The molecule has 0 radical (unpaired) electrons. The molecule has 0 saturated heterocycles. The summed E-state index contributed by atoms with van der Waals surface area (Å²) in [4.78, 5) is 17.2. The van der Waals surface area contributed by atoms with Crippen molar-refractivity contribution >= 4 is 5.91 Å². The third-order valence-corrected chi connectivity index (χ3v) is 6.26. The van der Waals surface area contributed by atoms with Crippen LogP contribution in [0.15, 0.2) is 36.5 Å². The molecule has 0 bridgehead atoms. The van der Waals surface area contributed by atoms with Gasteiger partial charge in [0.2, 0.25) is 0 Å². The minimum Gasteiger partial charge on any atom is -0.489 e. The second kappa shape index (κ2) is 7.73. The number of aryl methyl sites for hydroxylation is 2. The maximum Gasteiger partial charge on any atom is 0.269 e. The summed E-state index contributed by atoms with van der Waals surface area (Å²) in [5.74, 6) is 6.83. The van der Waals surface area contributed by atoms with Crippen molar-refractivity contribution < 1.29 is 9.53 Å². The molecular formula is C24H30N4O2. The van der Waals surface area contributed by atoms with E-state index in [1.54, 1.807) is 24.4 Å². The molecule has 6 heteroatoms. The van der Waals surface area contributed by atoms with Gasteiger partial charge in [0.05, 0.1) is 23.2 Å². The van der Waals surface area contributed by atoms with E-state index in [2.05, 4.69) is 38.7 Å². The Kier molecular flexibility index (Phi) is 5.62. The van der Waals surface area contributed by atoms with Crippen molar-refractivity contribution in [2.24, 2.45) is 16.7 Å². The highest BCUT2D eigenvalue weighted by molar-refractivity contribution is 5.94. The van der Waals surface area contributed by atoms with E-state index in [9.17, 15) is 10.1 Å². The molecule has 1 aromatic heterocycles. The van der Waals surface area contributed by atoms with Crippen molar-refractivity contribution in [3.8, 4) is 11.8 Å². The fourth-order valence-corrected chi connectivity index (χ4v) is 5.17. The zero-order valence-corrected chi connectivity index (χ0v) is 18.6. The highest BCUT2D eigenvalue weighted by Gasteiger charge is 2.66. The molecule has 1 amide bonds. The number of hydrazine groups is 1. The number of nitrogens with two attached hydrogens (primary N) is 1. The second-order valence-electron chi connectivity index (χ2n) is 9.23. The number of carbonyl (C=O) groups excluding carboxylic acids is 1. The maximum atomic E-state index is 13.0. The van der Waals surface area contributed by atoms with Crippen molar-refractivity contribution in [1.82, 2.24) is 9.99 Å². The SMILES string of the molecule is CCc1cc(O[C@H]2C(C)(C)[C@H](N(N)C(=O)c3ccc(C)nc3)C2(C)C)ccc1C#N. The van der Waals surface area contributed by atoms with Crippen LogP contribution < -0.4 is 10.6 Å². The summed E-state index contributed by atoms with van der Waals surface area (Å²) in [6, 6.07) is 11.1. The molecule has 1 saturated carbocycles. The van der Waals surface area contributed by atoms with E-state index < -0.39 is 0 Å². The molecule has 2 aromatic rings. The predicted molar refractivity (Wildman–Crippen MR) is 116 cm³/mol. The van der Waals surface area contributed by atoms with Gasteiger partial charge in [-0.15, -0.1) is 0 Å². The van der Waals surface area contributed by atoms with Gasteiger partial charge >= 0.3 is 0 Å². The van der Waals surface area contributed by atoms with E-state index in [0.29, 0.717) is 11.1 Å². The van der Waals surface area contributed by atoms with Crippen LogP contribution in [0.2, 0.25) is 0 Å². The van der Waals surface area contributed by atoms with Crippen LogP contribution >= 0.6 is 0 Å². The van der Waals surface area contributed by atoms with Crippen LogP contribution in [0.5, 0.6) is 5.75 Å². The molecule has 1 aromatic carbocycles. The Bertz CT molecular complexity index is 973. The zero-order chi connectivity index (χ0) is 22.3. The van der Waals surface area contributed by atoms with Gasteiger partial charge in [0, 0.05) is 22.7 Å². The molecule has 0 aliphatic heterocycles. The van der Waals surface area contributed by atoms with Gasteiger partial charge in [-0.05, 0) is 49.2 Å². The minimum absolute atomic E-state index is 0.150. The quantitative estimate of drug-likeness (QED) is 0.460. The number of amides is 1.